The first-order chi connectivity index (χ1) is 15.2. The number of carbonyl (C=O) groups is 3. The fraction of sp³-hybridized carbons (Fsp3) is 0.480. The Bertz CT molecular complexity index is 987. The van der Waals surface area contributed by atoms with E-state index in [1.165, 1.54) is 11.3 Å². The van der Waals surface area contributed by atoms with Crippen molar-refractivity contribution < 1.29 is 19.1 Å². The molecule has 0 aliphatic rings. The molecular formula is C25H33BrN2O4S. The van der Waals surface area contributed by atoms with Crippen molar-refractivity contribution in [2.75, 3.05) is 0 Å². The summed E-state index contributed by atoms with van der Waals surface area (Å²) in [6, 6.07) is 9.54. The minimum Gasteiger partial charge on any atom is -0.458 e. The summed E-state index contributed by atoms with van der Waals surface area (Å²) in [5.41, 5.74) is 0.149. The molecule has 0 saturated heterocycles. The molecule has 1 unspecified atom stereocenters. The van der Waals surface area contributed by atoms with Gasteiger partial charge in [0.25, 0.3) is 5.91 Å². The SMILES string of the molecule is C[C@@H](NC(=O)C(Cc1ccc(Br)cc1)NC(=O)c1ccc(C(C)(C)C)s1)C(=O)OC(C)(C)C. The van der Waals surface area contributed by atoms with E-state index in [0.717, 1.165) is 14.9 Å². The smallest absolute Gasteiger partial charge is 0.328 e. The Morgan fingerprint density at radius 1 is 0.970 bits per heavy atom. The maximum absolute atomic E-state index is 13.1. The summed E-state index contributed by atoms with van der Waals surface area (Å²) >= 11 is 4.81. The van der Waals surface area contributed by atoms with Gasteiger partial charge < -0.3 is 15.4 Å². The summed E-state index contributed by atoms with van der Waals surface area (Å²) in [7, 11) is 0. The van der Waals surface area contributed by atoms with Gasteiger partial charge in [0.2, 0.25) is 5.91 Å². The third-order valence-electron chi connectivity index (χ3n) is 4.66. The van der Waals surface area contributed by atoms with Crippen LogP contribution in [0.25, 0.3) is 0 Å². The van der Waals surface area contributed by atoms with Gasteiger partial charge in [-0.3, -0.25) is 9.59 Å². The number of amides is 2. The van der Waals surface area contributed by atoms with Crippen LogP contribution in [0.1, 0.15) is 68.6 Å². The second-order valence-corrected chi connectivity index (χ2v) is 12.0. The second kappa shape index (κ2) is 10.8. The monoisotopic (exact) mass is 536 g/mol. The van der Waals surface area contributed by atoms with Crippen molar-refractivity contribution in [1.29, 1.82) is 0 Å². The minimum absolute atomic E-state index is 0.0692. The summed E-state index contributed by atoms with van der Waals surface area (Å²) in [6.45, 7) is 13.1. The molecule has 1 aromatic heterocycles. The zero-order valence-electron chi connectivity index (χ0n) is 20.2. The van der Waals surface area contributed by atoms with Gasteiger partial charge in [-0.05, 0) is 62.9 Å². The van der Waals surface area contributed by atoms with Gasteiger partial charge in [-0.15, -0.1) is 11.3 Å². The first-order valence-corrected chi connectivity index (χ1v) is 12.5. The molecule has 2 atom stereocenters. The molecule has 0 fully saturated rings. The summed E-state index contributed by atoms with van der Waals surface area (Å²) in [5.74, 6) is -1.30. The number of rotatable bonds is 7. The van der Waals surface area contributed by atoms with Crippen LogP contribution in [0.4, 0.5) is 0 Å². The molecule has 180 valence electrons. The van der Waals surface area contributed by atoms with Crippen LogP contribution in [-0.4, -0.2) is 35.5 Å². The van der Waals surface area contributed by atoms with E-state index in [0.29, 0.717) is 4.88 Å². The Morgan fingerprint density at radius 2 is 1.58 bits per heavy atom. The van der Waals surface area contributed by atoms with E-state index in [1.54, 1.807) is 33.8 Å². The fourth-order valence-corrected chi connectivity index (χ4v) is 4.15. The van der Waals surface area contributed by atoms with Crippen molar-refractivity contribution in [1.82, 2.24) is 10.6 Å². The van der Waals surface area contributed by atoms with E-state index in [2.05, 4.69) is 47.3 Å². The maximum Gasteiger partial charge on any atom is 0.328 e. The summed E-state index contributed by atoms with van der Waals surface area (Å²) < 4.78 is 6.27. The van der Waals surface area contributed by atoms with Gasteiger partial charge in [-0.25, -0.2) is 4.79 Å². The number of carbonyl (C=O) groups excluding carboxylic acids is 3. The number of nitrogens with one attached hydrogen (secondary N) is 2. The number of ether oxygens (including phenoxy) is 1. The molecule has 2 amide bonds. The van der Waals surface area contributed by atoms with Crippen molar-refractivity contribution in [2.45, 2.75) is 78.0 Å². The third kappa shape index (κ3) is 8.59. The molecule has 0 aliphatic heterocycles. The standard InChI is InChI=1S/C25H33BrN2O4S/c1-15(23(31)32-25(5,6)7)27-21(29)18(14-16-8-10-17(26)11-9-16)28-22(30)19-12-13-20(33-19)24(2,3)4/h8-13,15,18H,14H2,1-7H3,(H,27,29)(H,28,30)/t15-,18?/m1/s1. The zero-order valence-corrected chi connectivity index (χ0v) is 22.6. The Balaban J connectivity index is 2.19. The quantitative estimate of drug-likeness (QED) is 0.488. The Labute approximate surface area is 208 Å². The number of esters is 1. The predicted octanol–water partition coefficient (Wildman–Crippen LogP) is 5.00. The van der Waals surface area contributed by atoms with Crippen molar-refractivity contribution in [3.8, 4) is 0 Å². The first kappa shape index (κ1) is 27.1. The summed E-state index contributed by atoms with van der Waals surface area (Å²) in [4.78, 5) is 40.0. The topological polar surface area (TPSA) is 84.5 Å². The highest BCUT2D eigenvalue weighted by Crippen LogP contribution is 2.29. The maximum atomic E-state index is 13.1. The van der Waals surface area contributed by atoms with Crippen LogP contribution < -0.4 is 10.6 Å². The van der Waals surface area contributed by atoms with Crippen LogP contribution in [0.2, 0.25) is 0 Å². The molecule has 1 aromatic carbocycles. The van der Waals surface area contributed by atoms with Crippen LogP contribution in [-0.2, 0) is 26.2 Å². The molecule has 0 aliphatic carbocycles. The number of thiophene rings is 1. The van der Waals surface area contributed by atoms with Gasteiger partial charge in [-0.1, -0.05) is 48.8 Å². The van der Waals surface area contributed by atoms with Crippen molar-refractivity contribution in [2.24, 2.45) is 0 Å². The van der Waals surface area contributed by atoms with E-state index < -0.39 is 29.6 Å². The number of hydrogen-bond acceptors (Lipinski definition) is 5. The molecule has 1 heterocycles. The van der Waals surface area contributed by atoms with Gasteiger partial charge in [0.1, 0.15) is 17.7 Å². The van der Waals surface area contributed by atoms with Crippen molar-refractivity contribution in [3.05, 3.63) is 56.2 Å². The van der Waals surface area contributed by atoms with Gasteiger partial charge in [0.05, 0.1) is 4.88 Å². The van der Waals surface area contributed by atoms with E-state index >= 15 is 0 Å². The first-order valence-electron chi connectivity index (χ1n) is 10.8. The number of benzene rings is 1. The van der Waals surface area contributed by atoms with Crippen molar-refractivity contribution in [3.63, 3.8) is 0 Å². The predicted molar refractivity (Wildman–Crippen MR) is 136 cm³/mol. The molecule has 0 saturated carbocycles. The molecule has 0 radical (unpaired) electrons. The number of halogens is 1. The second-order valence-electron chi connectivity index (χ2n) is 10.0. The van der Waals surface area contributed by atoms with E-state index in [-0.39, 0.29) is 17.7 Å². The van der Waals surface area contributed by atoms with Crippen LogP contribution >= 0.6 is 27.3 Å². The highest BCUT2D eigenvalue weighted by Gasteiger charge is 2.28. The molecule has 6 nitrogen and oxygen atoms in total. The average molecular weight is 538 g/mol. The molecule has 2 rings (SSSR count). The van der Waals surface area contributed by atoms with Gasteiger partial charge in [-0.2, -0.15) is 0 Å². The lowest BCUT2D eigenvalue weighted by molar-refractivity contribution is -0.158. The normalized spacial score (nSPS) is 13.7. The summed E-state index contributed by atoms with van der Waals surface area (Å²) in [6.07, 6.45) is 0.281. The lowest BCUT2D eigenvalue weighted by atomic mass is 9.95. The fourth-order valence-electron chi connectivity index (χ4n) is 2.92. The van der Waals surface area contributed by atoms with E-state index in [9.17, 15) is 14.4 Å². The Kier molecular flexibility index (Phi) is 8.88. The molecule has 0 bridgehead atoms. The Morgan fingerprint density at radius 3 is 2.09 bits per heavy atom. The average Bonchev–Trinajstić information content (AvgIpc) is 3.18. The minimum atomic E-state index is -0.858. The summed E-state index contributed by atoms with van der Waals surface area (Å²) in [5, 5.41) is 5.54. The van der Waals surface area contributed by atoms with Crippen LogP contribution in [0.5, 0.6) is 0 Å². The van der Waals surface area contributed by atoms with Crippen LogP contribution in [0.3, 0.4) is 0 Å². The molecule has 0 spiro atoms. The highest BCUT2D eigenvalue weighted by atomic mass is 79.9. The van der Waals surface area contributed by atoms with Crippen LogP contribution in [0.15, 0.2) is 40.9 Å². The molecular weight excluding hydrogens is 504 g/mol. The van der Waals surface area contributed by atoms with E-state index in [4.69, 9.17) is 4.74 Å². The van der Waals surface area contributed by atoms with Gasteiger partial charge in [0, 0.05) is 15.8 Å². The van der Waals surface area contributed by atoms with Crippen molar-refractivity contribution >= 4 is 45.1 Å². The largest absolute Gasteiger partial charge is 0.458 e. The number of hydrogen-bond donors (Lipinski definition) is 2. The Hall–Kier alpha value is -2.19. The zero-order chi connectivity index (χ0) is 25.0. The third-order valence-corrected chi connectivity index (χ3v) is 6.70. The lowest BCUT2D eigenvalue weighted by Crippen LogP contribution is -2.52. The molecule has 2 N–H and O–H groups in total. The molecule has 2 aromatic rings. The highest BCUT2D eigenvalue weighted by molar-refractivity contribution is 9.10. The van der Waals surface area contributed by atoms with Gasteiger partial charge in [0.15, 0.2) is 0 Å². The molecule has 8 heteroatoms. The molecule has 33 heavy (non-hydrogen) atoms. The van der Waals surface area contributed by atoms with E-state index in [1.807, 2.05) is 30.3 Å². The van der Waals surface area contributed by atoms with Gasteiger partial charge >= 0.3 is 5.97 Å². The lowest BCUT2D eigenvalue weighted by Gasteiger charge is -2.24. The van der Waals surface area contributed by atoms with Crippen LogP contribution in [0, 0.1) is 0 Å².